The molecule has 0 aliphatic heterocycles. The molecule has 0 saturated carbocycles. The van der Waals surface area contributed by atoms with Crippen molar-refractivity contribution in [2.45, 2.75) is 96.6 Å². The molecule has 0 radical (unpaired) electrons. The minimum atomic E-state index is -0.946. The van der Waals surface area contributed by atoms with E-state index in [0.717, 1.165) is 19.3 Å². The van der Waals surface area contributed by atoms with Crippen LogP contribution in [0, 0.1) is 0 Å². The number of carboxylic acid groups (broad SMARTS) is 1. The first kappa shape index (κ1) is 20.9. The molecule has 22 heavy (non-hydrogen) atoms. The fourth-order valence-corrected chi connectivity index (χ4v) is 2.32. The minimum Gasteiger partial charge on any atom is -0.481 e. The van der Waals surface area contributed by atoms with Gasteiger partial charge in [0.05, 0.1) is 0 Å². The Balaban J connectivity index is 3.80. The Morgan fingerprint density at radius 1 is 1.00 bits per heavy atom. The summed E-state index contributed by atoms with van der Waals surface area (Å²) in [5, 5.41) is 8.59. The zero-order chi connectivity index (χ0) is 16.8. The first-order valence-electron chi connectivity index (χ1n) is 8.69. The summed E-state index contributed by atoms with van der Waals surface area (Å²) in [5.41, 5.74) is 5.65. The van der Waals surface area contributed by atoms with Gasteiger partial charge < -0.3 is 15.6 Å². The summed E-state index contributed by atoms with van der Waals surface area (Å²) in [6, 6.07) is -0.834. The molecule has 1 unspecified atom stereocenters. The number of carbonyl (C=O) groups is 2. The number of aliphatic carboxylic acids is 1. The van der Waals surface area contributed by atoms with Crippen LogP contribution in [-0.2, 0) is 14.3 Å². The molecule has 0 rings (SSSR count). The van der Waals surface area contributed by atoms with Gasteiger partial charge in [-0.25, -0.2) is 0 Å². The van der Waals surface area contributed by atoms with E-state index in [1.165, 1.54) is 38.5 Å². The highest BCUT2D eigenvalue weighted by molar-refractivity contribution is 5.76. The maximum absolute atomic E-state index is 11.8. The number of ether oxygens (including phenoxy) is 1. The number of unbranched alkanes of at least 4 members (excludes halogenated alkanes) is 6. The molecule has 3 N–H and O–H groups in total. The van der Waals surface area contributed by atoms with Crippen LogP contribution in [0.1, 0.15) is 84.5 Å². The van der Waals surface area contributed by atoms with Crippen LogP contribution in [0.2, 0.25) is 0 Å². The van der Waals surface area contributed by atoms with Gasteiger partial charge in [0.1, 0.15) is 12.1 Å². The van der Waals surface area contributed by atoms with Crippen molar-refractivity contribution < 1.29 is 19.4 Å². The molecule has 0 heterocycles. The van der Waals surface area contributed by atoms with E-state index in [4.69, 9.17) is 15.6 Å². The molecule has 5 nitrogen and oxygen atoms in total. The van der Waals surface area contributed by atoms with Crippen LogP contribution in [0.15, 0.2) is 0 Å². The van der Waals surface area contributed by atoms with Crippen molar-refractivity contribution in [1.82, 2.24) is 0 Å². The highest BCUT2D eigenvalue weighted by atomic mass is 16.5. The van der Waals surface area contributed by atoms with E-state index in [0.29, 0.717) is 0 Å². The number of carbonyl (C=O) groups excluding carboxylic acids is 1. The number of nitrogens with two attached hydrogens (primary N) is 1. The average molecular weight is 315 g/mol. The summed E-state index contributed by atoms with van der Waals surface area (Å²) in [6.45, 7) is 4.20. The zero-order valence-corrected chi connectivity index (χ0v) is 14.2. The molecular formula is C17H33NO4. The van der Waals surface area contributed by atoms with Gasteiger partial charge in [-0.05, 0) is 25.7 Å². The fraction of sp³-hybridized carbons (Fsp3) is 0.882. The first-order chi connectivity index (χ1) is 10.5. The van der Waals surface area contributed by atoms with Gasteiger partial charge in [0.2, 0.25) is 0 Å². The number of hydrogen-bond donors (Lipinski definition) is 2. The highest BCUT2D eigenvalue weighted by Crippen LogP contribution is 2.14. The molecule has 0 aliphatic carbocycles. The molecule has 0 aromatic carbocycles. The second-order valence-corrected chi connectivity index (χ2v) is 5.92. The van der Waals surface area contributed by atoms with Crippen molar-refractivity contribution in [3.05, 3.63) is 0 Å². The Kier molecular flexibility index (Phi) is 12.9. The lowest BCUT2D eigenvalue weighted by atomic mass is 10.0. The maximum Gasteiger partial charge on any atom is 0.323 e. The van der Waals surface area contributed by atoms with E-state index in [2.05, 4.69) is 6.92 Å². The van der Waals surface area contributed by atoms with Crippen LogP contribution in [0.5, 0.6) is 0 Å². The second kappa shape index (κ2) is 13.6. The van der Waals surface area contributed by atoms with Crippen molar-refractivity contribution in [1.29, 1.82) is 0 Å². The summed E-state index contributed by atoms with van der Waals surface area (Å²) in [7, 11) is 0. The smallest absolute Gasteiger partial charge is 0.323 e. The molecule has 0 saturated heterocycles. The van der Waals surface area contributed by atoms with Crippen molar-refractivity contribution in [2.75, 3.05) is 0 Å². The minimum absolute atomic E-state index is 0.0981. The Hall–Kier alpha value is -1.10. The van der Waals surface area contributed by atoms with E-state index >= 15 is 0 Å². The van der Waals surface area contributed by atoms with E-state index in [9.17, 15) is 9.59 Å². The Morgan fingerprint density at radius 2 is 1.59 bits per heavy atom. The molecule has 0 aliphatic rings. The topological polar surface area (TPSA) is 89.6 Å². The first-order valence-corrected chi connectivity index (χ1v) is 8.69. The summed E-state index contributed by atoms with van der Waals surface area (Å²) >= 11 is 0. The molecular weight excluding hydrogens is 282 g/mol. The van der Waals surface area contributed by atoms with Crippen LogP contribution in [0.25, 0.3) is 0 Å². The lowest BCUT2D eigenvalue weighted by Gasteiger charge is -2.18. The van der Waals surface area contributed by atoms with Gasteiger partial charge in [-0.15, -0.1) is 0 Å². The number of hydrogen-bond acceptors (Lipinski definition) is 4. The summed E-state index contributed by atoms with van der Waals surface area (Å²) < 4.78 is 5.38. The summed E-state index contributed by atoms with van der Waals surface area (Å²) in [5.74, 6) is -1.42. The highest BCUT2D eigenvalue weighted by Gasteiger charge is 2.20. The van der Waals surface area contributed by atoms with Gasteiger partial charge in [0.25, 0.3) is 0 Å². The quantitative estimate of drug-likeness (QED) is 0.377. The summed E-state index contributed by atoms with van der Waals surface area (Å²) in [4.78, 5) is 22.3. The molecule has 130 valence electrons. The van der Waals surface area contributed by atoms with Gasteiger partial charge in [-0.3, -0.25) is 9.59 Å². The van der Waals surface area contributed by atoms with Crippen molar-refractivity contribution in [3.8, 4) is 0 Å². The van der Waals surface area contributed by atoms with Gasteiger partial charge >= 0.3 is 11.9 Å². The van der Waals surface area contributed by atoms with Gasteiger partial charge in [-0.2, -0.15) is 0 Å². The molecule has 0 aromatic rings. The van der Waals surface area contributed by atoms with Crippen molar-refractivity contribution in [3.63, 3.8) is 0 Å². The number of esters is 1. The van der Waals surface area contributed by atoms with Crippen molar-refractivity contribution in [2.24, 2.45) is 5.73 Å². The predicted octanol–water partition coefficient (Wildman–Crippen LogP) is 3.64. The zero-order valence-electron chi connectivity index (χ0n) is 14.2. The second-order valence-electron chi connectivity index (χ2n) is 5.92. The Bertz CT molecular complexity index is 307. The number of carboxylic acids is 1. The Morgan fingerprint density at radius 3 is 2.14 bits per heavy atom. The molecule has 5 heteroatoms. The van der Waals surface area contributed by atoms with Gasteiger partial charge in [0, 0.05) is 6.42 Å². The average Bonchev–Trinajstić information content (AvgIpc) is 2.50. The third-order valence-corrected chi connectivity index (χ3v) is 3.84. The van der Waals surface area contributed by atoms with Crippen LogP contribution in [0.3, 0.4) is 0 Å². The summed E-state index contributed by atoms with van der Waals surface area (Å²) in [6.07, 6.45) is 10.2. The molecule has 0 fully saturated rings. The van der Waals surface area contributed by atoms with E-state index < -0.39 is 18.0 Å². The molecule has 0 aromatic heterocycles. The van der Waals surface area contributed by atoms with Crippen LogP contribution in [-0.4, -0.2) is 29.2 Å². The third-order valence-electron chi connectivity index (χ3n) is 3.84. The normalized spacial score (nSPS) is 13.6. The fourth-order valence-electron chi connectivity index (χ4n) is 2.32. The van der Waals surface area contributed by atoms with Gasteiger partial charge in [-0.1, -0.05) is 52.4 Å². The largest absolute Gasteiger partial charge is 0.481 e. The Labute approximate surface area is 134 Å². The molecule has 2 atom stereocenters. The SMILES string of the molecule is CCCCCCCCCC(CC)OC(=O)[C@@H](N)CCC(=O)O. The van der Waals surface area contributed by atoms with Gasteiger partial charge in [0.15, 0.2) is 0 Å². The van der Waals surface area contributed by atoms with Crippen molar-refractivity contribution >= 4 is 11.9 Å². The van der Waals surface area contributed by atoms with Crippen LogP contribution in [0.4, 0.5) is 0 Å². The van der Waals surface area contributed by atoms with E-state index in [1.807, 2.05) is 6.92 Å². The van der Waals surface area contributed by atoms with E-state index in [1.54, 1.807) is 0 Å². The van der Waals surface area contributed by atoms with Crippen LogP contribution < -0.4 is 5.73 Å². The number of rotatable bonds is 14. The lowest BCUT2D eigenvalue weighted by molar-refractivity contribution is -0.151. The van der Waals surface area contributed by atoms with Crippen LogP contribution >= 0.6 is 0 Å². The standard InChI is InChI=1S/C17H33NO4/c1-3-5-6-7-8-9-10-11-14(4-2)22-17(21)15(18)12-13-16(19)20/h14-15H,3-13,18H2,1-2H3,(H,19,20)/t14?,15-/m0/s1. The molecule has 0 spiro atoms. The maximum atomic E-state index is 11.8. The monoisotopic (exact) mass is 315 g/mol. The van der Waals surface area contributed by atoms with E-state index in [-0.39, 0.29) is 18.9 Å². The molecule has 0 amide bonds. The predicted molar refractivity (Wildman–Crippen MR) is 87.6 cm³/mol. The molecule has 0 bridgehead atoms. The third kappa shape index (κ3) is 11.5. The lowest BCUT2D eigenvalue weighted by Crippen LogP contribution is -2.35.